The fraction of sp³-hybridized carbons (Fsp3) is 0.333. The molecule has 0 saturated carbocycles. The highest BCUT2D eigenvalue weighted by atomic mass is 16.5. The molecule has 4 N–H and O–H groups in total. The highest BCUT2D eigenvalue weighted by molar-refractivity contribution is 5.91. The minimum Gasteiger partial charge on any atom is -0.493 e. The normalized spacial score (nSPS) is 9.67. The molecule has 1 amide bonds. The maximum absolute atomic E-state index is 11.3. The predicted molar refractivity (Wildman–Crippen MR) is 68.7 cm³/mol. The van der Waals surface area contributed by atoms with Crippen molar-refractivity contribution in [2.24, 2.45) is 16.5 Å². The molecule has 1 aromatic carbocycles. The summed E-state index contributed by atoms with van der Waals surface area (Å²) in [6.45, 7) is 0. The van der Waals surface area contributed by atoms with Gasteiger partial charge in [-0.15, -0.1) is 0 Å². The molecule has 1 aromatic rings. The maximum atomic E-state index is 11.3. The molecule has 0 atom stereocenters. The highest BCUT2D eigenvalue weighted by Crippen LogP contribution is 2.27. The van der Waals surface area contributed by atoms with Crippen molar-refractivity contribution in [2.75, 3.05) is 14.2 Å². The molecule has 18 heavy (non-hydrogen) atoms. The van der Waals surface area contributed by atoms with Crippen LogP contribution in [0.15, 0.2) is 23.2 Å². The molecule has 98 valence electrons. The van der Waals surface area contributed by atoms with Gasteiger partial charge in [-0.2, -0.15) is 4.99 Å². The number of hydrogen-bond donors (Lipinski definition) is 2. The van der Waals surface area contributed by atoms with Gasteiger partial charge >= 0.3 is 0 Å². The highest BCUT2D eigenvalue weighted by Gasteiger charge is 2.06. The molecule has 0 unspecified atom stereocenters. The van der Waals surface area contributed by atoms with Gasteiger partial charge in [0.25, 0.3) is 0 Å². The predicted octanol–water partition coefficient (Wildman–Crippen LogP) is 0.436. The van der Waals surface area contributed by atoms with Crippen LogP contribution in [0.3, 0.4) is 0 Å². The van der Waals surface area contributed by atoms with Crippen LogP contribution in [0.25, 0.3) is 0 Å². The lowest BCUT2D eigenvalue weighted by atomic mass is 10.1. The lowest BCUT2D eigenvalue weighted by Gasteiger charge is -2.08. The van der Waals surface area contributed by atoms with Gasteiger partial charge in [-0.1, -0.05) is 6.07 Å². The van der Waals surface area contributed by atoms with Crippen LogP contribution in [-0.4, -0.2) is 26.1 Å². The van der Waals surface area contributed by atoms with Crippen LogP contribution in [0.5, 0.6) is 11.5 Å². The molecule has 6 heteroatoms. The fourth-order valence-electron chi connectivity index (χ4n) is 1.49. The SMILES string of the molecule is COc1ccc(CCC(=O)N=C(N)N)cc1OC. The van der Waals surface area contributed by atoms with Crippen molar-refractivity contribution < 1.29 is 14.3 Å². The van der Waals surface area contributed by atoms with Crippen molar-refractivity contribution >= 4 is 11.9 Å². The Morgan fingerprint density at radius 3 is 2.44 bits per heavy atom. The lowest BCUT2D eigenvalue weighted by Crippen LogP contribution is -2.24. The number of aryl methyl sites for hydroxylation is 1. The minimum absolute atomic E-state index is 0.215. The first kappa shape index (κ1) is 13.8. The molecule has 0 spiro atoms. The van der Waals surface area contributed by atoms with E-state index in [1.165, 1.54) is 0 Å². The summed E-state index contributed by atoms with van der Waals surface area (Å²) in [5.74, 6) is 0.721. The van der Waals surface area contributed by atoms with E-state index < -0.39 is 0 Å². The molecule has 0 radical (unpaired) electrons. The Morgan fingerprint density at radius 1 is 1.22 bits per heavy atom. The number of methoxy groups -OCH3 is 2. The van der Waals surface area contributed by atoms with E-state index in [0.29, 0.717) is 17.9 Å². The number of aliphatic imine (C=N–C) groups is 1. The Kier molecular flexibility index (Phi) is 4.98. The van der Waals surface area contributed by atoms with Gasteiger partial charge in [0.05, 0.1) is 14.2 Å². The van der Waals surface area contributed by atoms with Crippen molar-refractivity contribution in [3.63, 3.8) is 0 Å². The van der Waals surface area contributed by atoms with Gasteiger partial charge in [-0.05, 0) is 24.1 Å². The first-order valence-corrected chi connectivity index (χ1v) is 5.40. The van der Waals surface area contributed by atoms with Crippen LogP contribution in [0.4, 0.5) is 0 Å². The van der Waals surface area contributed by atoms with E-state index in [0.717, 1.165) is 5.56 Å². The first-order chi connectivity index (χ1) is 8.56. The van der Waals surface area contributed by atoms with Gasteiger partial charge in [-0.25, -0.2) is 0 Å². The molecule has 6 nitrogen and oxygen atoms in total. The van der Waals surface area contributed by atoms with Crippen LogP contribution in [0, 0.1) is 0 Å². The molecule has 0 bridgehead atoms. The number of nitrogens with zero attached hydrogens (tertiary/aromatic N) is 1. The summed E-state index contributed by atoms with van der Waals surface area (Å²) in [6.07, 6.45) is 0.781. The molecule has 1 rings (SSSR count). The van der Waals surface area contributed by atoms with E-state index in [1.807, 2.05) is 12.1 Å². The Hall–Kier alpha value is -2.24. The standard InChI is InChI=1S/C12H17N3O3/c1-17-9-5-3-8(7-10(9)18-2)4-6-11(16)15-12(13)14/h3,5,7H,4,6H2,1-2H3,(H4,13,14,15,16). The van der Waals surface area contributed by atoms with E-state index in [9.17, 15) is 4.79 Å². The van der Waals surface area contributed by atoms with E-state index in [1.54, 1.807) is 20.3 Å². The number of guanidine groups is 1. The Labute approximate surface area is 106 Å². The van der Waals surface area contributed by atoms with Crippen LogP contribution in [0.1, 0.15) is 12.0 Å². The van der Waals surface area contributed by atoms with Crippen molar-refractivity contribution in [1.82, 2.24) is 0 Å². The first-order valence-electron chi connectivity index (χ1n) is 5.40. The summed E-state index contributed by atoms with van der Waals surface area (Å²) >= 11 is 0. The zero-order chi connectivity index (χ0) is 13.5. The van der Waals surface area contributed by atoms with Crippen LogP contribution >= 0.6 is 0 Å². The molecule has 0 aliphatic rings. The topological polar surface area (TPSA) is 99.9 Å². The average molecular weight is 251 g/mol. The number of amides is 1. The van der Waals surface area contributed by atoms with Gasteiger partial charge in [-0.3, -0.25) is 4.79 Å². The zero-order valence-corrected chi connectivity index (χ0v) is 10.5. The van der Waals surface area contributed by atoms with Crippen LogP contribution in [0.2, 0.25) is 0 Å². The van der Waals surface area contributed by atoms with Crippen LogP contribution < -0.4 is 20.9 Å². The number of hydrogen-bond acceptors (Lipinski definition) is 3. The van der Waals surface area contributed by atoms with Crippen molar-refractivity contribution in [1.29, 1.82) is 0 Å². The third-order valence-electron chi connectivity index (χ3n) is 2.33. The number of rotatable bonds is 5. The molecular weight excluding hydrogens is 234 g/mol. The van der Waals surface area contributed by atoms with Gasteiger partial charge < -0.3 is 20.9 Å². The number of carbonyl (C=O) groups is 1. The summed E-state index contributed by atoms with van der Waals surface area (Å²) in [5, 5.41) is 0. The van der Waals surface area contributed by atoms with E-state index in [2.05, 4.69) is 4.99 Å². The van der Waals surface area contributed by atoms with Crippen molar-refractivity contribution in [3.05, 3.63) is 23.8 Å². The maximum Gasteiger partial charge on any atom is 0.249 e. The molecule has 0 aliphatic heterocycles. The quantitative estimate of drug-likeness (QED) is 0.584. The number of carbonyl (C=O) groups excluding carboxylic acids is 1. The zero-order valence-electron chi connectivity index (χ0n) is 10.5. The Morgan fingerprint density at radius 2 is 1.89 bits per heavy atom. The van der Waals surface area contributed by atoms with E-state index in [4.69, 9.17) is 20.9 Å². The summed E-state index contributed by atoms with van der Waals surface area (Å²) in [7, 11) is 3.13. The molecule has 0 saturated heterocycles. The molecule has 0 aliphatic carbocycles. The van der Waals surface area contributed by atoms with Gasteiger partial charge in [0.2, 0.25) is 5.91 Å². The number of ether oxygens (including phenoxy) is 2. The smallest absolute Gasteiger partial charge is 0.249 e. The van der Waals surface area contributed by atoms with Crippen molar-refractivity contribution in [2.45, 2.75) is 12.8 Å². The lowest BCUT2D eigenvalue weighted by molar-refractivity contribution is -0.117. The van der Waals surface area contributed by atoms with Crippen molar-refractivity contribution in [3.8, 4) is 11.5 Å². The van der Waals surface area contributed by atoms with Crippen LogP contribution in [-0.2, 0) is 11.2 Å². The second-order valence-corrected chi connectivity index (χ2v) is 3.62. The third-order valence-corrected chi connectivity index (χ3v) is 2.33. The summed E-state index contributed by atoms with van der Waals surface area (Å²) in [6, 6.07) is 5.48. The monoisotopic (exact) mass is 251 g/mol. The number of nitrogens with two attached hydrogens (primary N) is 2. The minimum atomic E-state index is -0.343. The average Bonchev–Trinajstić information content (AvgIpc) is 2.35. The molecular formula is C12H17N3O3. The Bertz CT molecular complexity index is 454. The largest absolute Gasteiger partial charge is 0.493 e. The summed E-state index contributed by atoms with van der Waals surface area (Å²) < 4.78 is 10.3. The Balaban J connectivity index is 2.69. The van der Waals surface area contributed by atoms with E-state index >= 15 is 0 Å². The van der Waals surface area contributed by atoms with E-state index in [-0.39, 0.29) is 18.3 Å². The molecule has 0 fully saturated rings. The van der Waals surface area contributed by atoms with Gasteiger partial charge in [0.1, 0.15) is 0 Å². The molecule has 0 aromatic heterocycles. The second-order valence-electron chi connectivity index (χ2n) is 3.62. The number of benzene rings is 1. The second kappa shape index (κ2) is 6.48. The fourth-order valence-corrected chi connectivity index (χ4v) is 1.49. The molecule has 0 heterocycles. The summed E-state index contributed by atoms with van der Waals surface area (Å²) in [4.78, 5) is 14.7. The third kappa shape index (κ3) is 3.97. The van der Waals surface area contributed by atoms with Gasteiger partial charge in [0, 0.05) is 6.42 Å². The van der Waals surface area contributed by atoms with Gasteiger partial charge in [0.15, 0.2) is 17.5 Å². The summed E-state index contributed by atoms with van der Waals surface area (Å²) in [5.41, 5.74) is 11.2.